The first-order valence-electron chi connectivity index (χ1n) is 6.83. The summed E-state index contributed by atoms with van der Waals surface area (Å²) in [5.74, 6) is 0.478. The summed E-state index contributed by atoms with van der Waals surface area (Å²) in [6, 6.07) is 7.36. The van der Waals surface area contributed by atoms with Crippen molar-refractivity contribution in [2.45, 2.75) is 26.8 Å². The molecular formula is C15H18ClN3OS. The Kier molecular flexibility index (Phi) is 5.59. The summed E-state index contributed by atoms with van der Waals surface area (Å²) in [4.78, 5) is 18.7. The van der Waals surface area contributed by atoms with E-state index in [4.69, 9.17) is 11.6 Å². The Morgan fingerprint density at radius 3 is 2.86 bits per heavy atom. The van der Waals surface area contributed by atoms with Crippen LogP contribution >= 0.6 is 22.9 Å². The number of aryl methyl sites for hydroxylation is 1. The maximum absolute atomic E-state index is 12.2. The lowest BCUT2D eigenvalue weighted by molar-refractivity contribution is 0.0951. The number of nitrogens with zero attached hydrogens (tertiary/aromatic N) is 1. The Hall–Kier alpha value is -1.59. The highest BCUT2D eigenvalue weighted by Gasteiger charge is 2.09. The van der Waals surface area contributed by atoms with Crippen LogP contribution in [-0.2, 0) is 6.54 Å². The first-order chi connectivity index (χ1) is 10.1. The number of halogens is 1. The van der Waals surface area contributed by atoms with Gasteiger partial charge in [0.1, 0.15) is 11.0 Å². The van der Waals surface area contributed by atoms with Gasteiger partial charge in [-0.15, -0.1) is 11.3 Å². The molecule has 2 aromatic heterocycles. The van der Waals surface area contributed by atoms with Crippen LogP contribution in [0.5, 0.6) is 0 Å². The number of nitrogens with one attached hydrogen (secondary N) is 2. The zero-order valence-electron chi connectivity index (χ0n) is 12.1. The lowest BCUT2D eigenvalue weighted by atomic mass is 10.2. The number of rotatable bonds is 6. The van der Waals surface area contributed by atoms with Crippen LogP contribution in [0.25, 0.3) is 0 Å². The van der Waals surface area contributed by atoms with Gasteiger partial charge in [-0.3, -0.25) is 4.79 Å². The molecule has 2 N–H and O–H groups in total. The predicted octanol–water partition coefficient (Wildman–Crippen LogP) is 3.86. The number of pyridine rings is 1. The standard InChI is InChI=1S/C15H18ClN3OS/c1-3-6-17-14-8-11(7-13(16)19-14)15(20)18-9-12-5-4-10(2)21-12/h4-5,7-8H,3,6,9H2,1-2H3,(H,17,19)(H,18,20). The van der Waals surface area contributed by atoms with Crippen LogP contribution in [0.2, 0.25) is 5.15 Å². The second kappa shape index (κ2) is 7.43. The molecule has 0 fully saturated rings. The lowest BCUT2D eigenvalue weighted by Crippen LogP contribution is -2.22. The number of aromatic nitrogens is 1. The molecule has 0 aromatic carbocycles. The van der Waals surface area contributed by atoms with Crippen molar-refractivity contribution < 1.29 is 4.79 Å². The number of hydrogen-bond donors (Lipinski definition) is 2. The van der Waals surface area contributed by atoms with Gasteiger partial charge in [-0.25, -0.2) is 4.98 Å². The number of amides is 1. The Bertz CT molecular complexity index is 627. The molecule has 2 heterocycles. The summed E-state index contributed by atoms with van der Waals surface area (Å²) in [5.41, 5.74) is 0.516. The van der Waals surface area contributed by atoms with Crippen LogP contribution in [0.15, 0.2) is 24.3 Å². The Morgan fingerprint density at radius 1 is 1.38 bits per heavy atom. The van der Waals surface area contributed by atoms with Gasteiger partial charge in [-0.1, -0.05) is 18.5 Å². The molecule has 0 unspecified atom stereocenters. The zero-order chi connectivity index (χ0) is 15.2. The average molecular weight is 324 g/mol. The minimum absolute atomic E-state index is 0.148. The molecule has 0 spiro atoms. The number of anilines is 1. The van der Waals surface area contributed by atoms with Gasteiger partial charge >= 0.3 is 0 Å². The van der Waals surface area contributed by atoms with E-state index in [0.29, 0.717) is 23.1 Å². The molecule has 0 aliphatic rings. The van der Waals surface area contributed by atoms with Gasteiger partial charge < -0.3 is 10.6 Å². The van der Waals surface area contributed by atoms with Gasteiger partial charge in [0, 0.05) is 21.9 Å². The summed E-state index contributed by atoms with van der Waals surface area (Å²) >= 11 is 7.64. The zero-order valence-corrected chi connectivity index (χ0v) is 13.6. The average Bonchev–Trinajstić information content (AvgIpc) is 2.87. The number of carbonyl (C=O) groups is 1. The highest BCUT2D eigenvalue weighted by molar-refractivity contribution is 7.11. The molecule has 21 heavy (non-hydrogen) atoms. The van der Waals surface area contributed by atoms with Gasteiger partial charge in [0.25, 0.3) is 5.91 Å². The fraction of sp³-hybridized carbons (Fsp3) is 0.333. The summed E-state index contributed by atoms with van der Waals surface area (Å²) < 4.78 is 0. The van der Waals surface area contributed by atoms with Crippen molar-refractivity contribution in [1.29, 1.82) is 0 Å². The van der Waals surface area contributed by atoms with Crippen molar-refractivity contribution >= 4 is 34.7 Å². The maximum atomic E-state index is 12.2. The Balaban J connectivity index is 2.02. The van der Waals surface area contributed by atoms with Crippen LogP contribution in [0, 0.1) is 6.92 Å². The van der Waals surface area contributed by atoms with Crippen molar-refractivity contribution in [2.24, 2.45) is 0 Å². The summed E-state index contributed by atoms with van der Waals surface area (Å²) in [7, 11) is 0. The molecule has 2 aromatic rings. The summed E-state index contributed by atoms with van der Waals surface area (Å²) in [6.07, 6.45) is 0.980. The highest BCUT2D eigenvalue weighted by Crippen LogP contribution is 2.16. The number of thiophene rings is 1. The van der Waals surface area contributed by atoms with E-state index in [1.54, 1.807) is 23.5 Å². The fourth-order valence-corrected chi connectivity index (χ4v) is 2.86. The van der Waals surface area contributed by atoms with Gasteiger partial charge in [0.15, 0.2) is 0 Å². The first kappa shape index (κ1) is 15.8. The van der Waals surface area contributed by atoms with E-state index in [1.807, 2.05) is 19.1 Å². The van der Waals surface area contributed by atoms with Crippen molar-refractivity contribution in [1.82, 2.24) is 10.3 Å². The molecule has 112 valence electrons. The second-order valence-corrected chi connectivity index (χ2v) is 6.45. The molecule has 0 atom stereocenters. The third kappa shape index (κ3) is 4.72. The van der Waals surface area contributed by atoms with Crippen LogP contribution < -0.4 is 10.6 Å². The first-order valence-corrected chi connectivity index (χ1v) is 8.03. The minimum Gasteiger partial charge on any atom is -0.370 e. The van der Waals surface area contributed by atoms with Gasteiger partial charge in [-0.2, -0.15) is 0 Å². The van der Waals surface area contributed by atoms with Crippen LogP contribution in [0.4, 0.5) is 5.82 Å². The van der Waals surface area contributed by atoms with E-state index in [0.717, 1.165) is 17.8 Å². The molecular weight excluding hydrogens is 306 g/mol. The molecule has 2 rings (SSSR count). The molecule has 0 saturated carbocycles. The second-order valence-electron chi connectivity index (χ2n) is 4.69. The largest absolute Gasteiger partial charge is 0.370 e. The van der Waals surface area contributed by atoms with Crippen LogP contribution in [0.1, 0.15) is 33.5 Å². The van der Waals surface area contributed by atoms with Crippen molar-refractivity contribution in [2.75, 3.05) is 11.9 Å². The molecule has 0 aliphatic heterocycles. The van der Waals surface area contributed by atoms with E-state index >= 15 is 0 Å². The number of hydrogen-bond acceptors (Lipinski definition) is 4. The van der Waals surface area contributed by atoms with Gasteiger partial charge in [-0.05, 0) is 37.6 Å². The third-order valence-electron chi connectivity index (χ3n) is 2.83. The summed E-state index contributed by atoms with van der Waals surface area (Å²) in [5, 5.41) is 6.34. The maximum Gasteiger partial charge on any atom is 0.251 e. The topological polar surface area (TPSA) is 54.0 Å². The van der Waals surface area contributed by atoms with Crippen molar-refractivity contribution in [3.63, 3.8) is 0 Å². The highest BCUT2D eigenvalue weighted by atomic mass is 35.5. The predicted molar refractivity (Wildman–Crippen MR) is 88.3 cm³/mol. The SMILES string of the molecule is CCCNc1cc(C(=O)NCc2ccc(C)s2)cc(Cl)n1. The third-order valence-corrected chi connectivity index (χ3v) is 4.03. The van der Waals surface area contributed by atoms with Crippen molar-refractivity contribution in [3.8, 4) is 0 Å². The van der Waals surface area contributed by atoms with Gasteiger partial charge in [0.05, 0.1) is 6.54 Å². The molecule has 0 bridgehead atoms. The smallest absolute Gasteiger partial charge is 0.251 e. The van der Waals surface area contributed by atoms with E-state index in [1.165, 1.54) is 4.88 Å². The molecule has 0 saturated heterocycles. The summed E-state index contributed by atoms with van der Waals surface area (Å²) in [6.45, 7) is 5.43. The van der Waals surface area contributed by atoms with E-state index in [2.05, 4.69) is 22.5 Å². The molecule has 0 aliphatic carbocycles. The quantitative estimate of drug-likeness (QED) is 0.794. The fourth-order valence-electron chi connectivity index (χ4n) is 1.82. The van der Waals surface area contributed by atoms with E-state index < -0.39 is 0 Å². The van der Waals surface area contributed by atoms with Crippen LogP contribution in [-0.4, -0.2) is 17.4 Å². The normalized spacial score (nSPS) is 10.4. The molecule has 6 heteroatoms. The molecule has 0 radical (unpaired) electrons. The van der Waals surface area contributed by atoms with E-state index in [-0.39, 0.29) is 5.91 Å². The molecule has 4 nitrogen and oxygen atoms in total. The minimum atomic E-state index is -0.148. The lowest BCUT2D eigenvalue weighted by Gasteiger charge is -2.08. The monoisotopic (exact) mass is 323 g/mol. The van der Waals surface area contributed by atoms with Crippen molar-refractivity contribution in [3.05, 3.63) is 44.7 Å². The Morgan fingerprint density at radius 2 is 2.19 bits per heavy atom. The van der Waals surface area contributed by atoms with Crippen LogP contribution in [0.3, 0.4) is 0 Å². The molecule has 1 amide bonds. The number of carbonyl (C=O) groups excluding carboxylic acids is 1. The van der Waals surface area contributed by atoms with Gasteiger partial charge in [0.2, 0.25) is 0 Å². The van der Waals surface area contributed by atoms with E-state index in [9.17, 15) is 4.79 Å². The Labute approximate surface area is 133 Å².